The summed E-state index contributed by atoms with van der Waals surface area (Å²) in [5.74, 6) is 1.34. The van der Waals surface area contributed by atoms with E-state index in [1.165, 1.54) is 13.0 Å². The lowest BCUT2D eigenvalue weighted by Crippen LogP contribution is -1.97. The first kappa shape index (κ1) is 11.4. The van der Waals surface area contributed by atoms with Crippen LogP contribution in [0, 0.1) is 10.1 Å². The number of fused-ring (bicyclic) bond motifs is 1. The van der Waals surface area contributed by atoms with Crippen molar-refractivity contribution in [2.75, 3.05) is 13.2 Å². The molecule has 1 aromatic rings. The van der Waals surface area contributed by atoms with Gasteiger partial charge in [0.2, 0.25) is 5.70 Å². The second kappa shape index (κ2) is 4.86. The highest BCUT2D eigenvalue weighted by Gasteiger charge is 2.11. The zero-order chi connectivity index (χ0) is 12.3. The van der Waals surface area contributed by atoms with Crippen LogP contribution in [-0.4, -0.2) is 18.1 Å². The van der Waals surface area contributed by atoms with Crippen LogP contribution in [0.25, 0.3) is 6.08 Å². The molecule has 1 aliphatic heterocycles. The minimum Gasteiger partial charge on any atom is -0.490 e. The molecule has 0 fully saturated rings. The molecule has 0 aliphatic carbocycles. The maximum atomic E-state index is 10.5. The van der Waals surface area contributed by atoms with Gasteiger partial charge in [0.15, 0.2) is 11.5 Å². The van der Waals surface area contributed by atoms with Crippen LogP contribution >= 0.6 is 0 Å². The van der Waals surface area contributed by atoms with Crippen molar-refractivity contribution < 1.29 is 14.4 Å². The number of hydrogen-bond donors (Lipinski definition) is 0. The molecule has 90 valence electrons. The highest BCUT2D eigenvalue weighted by molar-refractivity contribution is 5.56. The second-order valence-corrected chi connectivity index (χ2v) is 3.80. The van der Waals surface area contributed by atoms with E-state index in [0.29, 0.717) is 24.7 Å². The number of nitro groups is 1. The summed E-state index contributed by atoms with van der Waals surface area (Å²) in [5.41, 5.74) is 0.836. The van der Waals surface area contributed by atoms with Gasteiger partial charge in [-0.2, -0.15) is 0 Å². The van der Waals surface area contributed by atoms with Crippen molar-refractivity contribution in [2.45, 2.75) is 13.3 Å². The maximum Gasteiger partial charge on any atom is 0.243 e. The summed E-state index contributed by atoms with van der Waals surface area (Å²) in [7, 11) is 0. The molecule has 2 rings (SSSR count). The van der Waals surface area contributed by atoms with E-state index in [-0.39, 0.29) is 5.70 Å². The van der Waals surface area contributed by atoms with E-state index < -0.39 is 4.92 Å². The third-order valence-electron chi connectivity index (χ3n) is 2.44. The van der Waals surface area contributed by atoms with Gasteiger partial charge < -0.3 is 9.47 Å². The van der Waals surface area contributed by atoms with Gasteiger partial charge in [-0.1, -0.05) is 6.07 Å². The predicted molar refractivity (Wildman–Crippen MR) is 62.7 cm³/mol. The van der Waals surface area contributed by atoms with E-state index in [0.717, 1.165) is 12.0 Å². The molecule has 0 radical (unpaired) electrons. The van der Waals surface area contributed by atoms with Crippen molar-refractivity contribution in [3.05, 3.63) is 39.6 Å². The van der Waals surface area contributed by atoms with Crippen molar-refractivity contribution in [1.82, 2.24) is 0 Å². The Morgan fingerprint density at radius 2 is 2.06 bits per heavy atom. The van der Waals surface area contributed by atoms with Crippen molar-refractivity contribution in [2.24, 2.45) is 0 Å². The number of rotatable bonds is 2. The zero-order valence-corrected chi connectivity index (χ0v) is 9.51. The number of ether oxygens (including phenoxy) is 2. The Kier molecular flexibility index (Phi) is 3.27. The van der Waals surface area contributed by atoms with E-state index in [1.807, 2.05) is 0 Å². The molecule has 17 heavy (non-hydrogen) atoms. The molecule has 0 saturated carbocycles. The largest absolute Gasteiger partial charge is 0.490 e. The van der Waals surface area contributed by atoms with Crippen LogP contribution in [0.3, 0.4) is 0 Å². The second-order valence-electron chi connectivity index (χ2n) is 3.80. The van der Waals surface area contributed by atoms with Crippen molar-refractivity contribution >= 4 is 6.08 Å². The van der Waals surface area contributed by atoms with Crippen LogP contribution in [0.4, 0.5) is 0 Å². The van der Waals surface area contributed by atoms with Crippen LogP contribution < -0.4 is 9.47 Å². The standard InChI is InChI=1S/C12H13NO4/c1-9(13(14)15)7-10-3-4-11-12(8-10)17-6-2-5-16-11/h3-4,7-8H,2,5-6H2,1H3. The first-order chi connectivity index (χ1) is 8.16. The Morgan fingerprint density at radius 3 is 2.76 bits per heavy atom. The fraction of sp³-hybridized carbons (Fsp3) is 0.333. The third kappa shape index (κ3) is 2.75. The van der Waals surface area contributed by atoms with E-state index in [4.69, 9.17) is 9.47 Å². The van der Waals surface area contributed by atoms with Gasteiger partial charge >= 0.3 is 0 Å². The minimum atomic E-state index is -0.414. The Morgan fingerprint density at radius 1 is 1.35 bits per heavy atom. The lowest BCUT2D eigenvalue weighted by atomic mass is 10.2. The molecule has 1 heterocycles. The molecule has 0 amide bonds. The maximum absolute atomic E-state index is 10.5. The van der Waals surface area contributed by atoms with Crippen molar-refractivity contribution in [1.29, 1.82) is 0 Å². The third-order valence-corrected chi connectivity index (χ3v) is 2.44. The van der Waals surface area contributed by atoms with E-state index in [1.54, 1.807) is 18.2 Å². The van der Waals surface area contributed by atoms with E-state index in [9.17, 15) is 10.1 Å². The Bertz CT molecular complexity index is 468. The van der Waals surface area contributed by atoms with Crippen LogP contribution in [0.5, 0.6) is 11.5 Å². The molecule has 1 aliphatic rings. The topological polar surface area (TPSA) is 61.6 Å². The molecule has 0 N–H and O–H groups in total. The summed E-state index contributed by atoms with van der Waals surface area (Å²) < 4.78 is 11.0. The van der Waals surface area contributed by atoms with Crippen LogP contribution in [-0.2, 0) is 0 Å². The summed E-state index contributed by atoms with van der Waals surface area (Å²) >= 11 is 0. The highest BCUT2D eigenvalue weighted by Crippen LogP contribution is 2.31. The Labute approximate surface area is 98.8 Å². The van der Waals surface area contributed by atoms with Gasteiger partial charge in [0.05, 0.1) is 18.1 Å². The van der Waals surface area contributed by atoms with Gasteiger partial charge in [0, 0.05) is 19.4 Å². The molecule has 1 aromatic carbocycles. The molecule has 5 nitrogen and oxygen atoms in total. The average molecular weight is 235 g/mol. The Balaban J connectivity index is 2.29. The molecule has 0 spiro atoms. The minimum absolute atomic E-state index is 0.0968. The van der Waals surface area contributed by atoms with Crippen LogP contribution in [0.2, 0.25) is 0 Å². The summed E-state index contributed by atoms with van der Waals surface area (Å²) in [6, 6.07) is 5.31. The lowest BCUT2D eigenvalue weighted by Gasteiger charge is -2.07. The fourth-order valence-corrected chi connectivity index (χ4v) is 1.56. The summed E-state index contributed by atoms with van der Waals surface area (Å²) in [6.45, 7) is 2.70. The summed E-state index contributed by atoms with van der Waals surface area (Å²) in [6.07, 6.45) is 2.35. The molecule has 0 aromatic heterocycles. The highest BCUT2D eigenvalue weighted by atomic mass is 16.6. The molecule has 0 atom stereocenters. The number of hydrogen-bond acceptors (Lipinski definition) is 4. The lowest BCUT2D eigenvalue weighted by molar-refractivity contribution is -0.422. The van der Waals surface area contributed by atoms with E-state index >= 15 is 0 Å². The zero-order valence-electron chi connectivity index (χ0n) is 9.51. The first-order valence-corrected chi connectivity index (χ1v) is 5.39. The Hall–Kier alpha value is -2.04. The normalized spacial score (nSPS) is 15.2. The smallest absolute Gasteiger partial charge is 0.243 e. The van der Waals surface area contributed by atoms with Crippen molar-refractivity contribution in [3.8, 4) is 11.5 Å². The average Bonchev–Trinajstić information content (AvgIpc) is 2.53. The van der Waals surface area contributed by atoms with Gasteiger partial charge in [0.1, 0.15) is 0 Å². The first-order valence-electron chi connectivity index (χ1n) is 5.39. The van der Waals surface area contributed by atoms with Crippen LogP contribution in [0.15, 0.2) is 23.9 Å². The van der Waals surface area contributed by atoms with Gasteiger partial charge in [-0.3, -0.25) is 10.1 Å². The number of nitrogens with zero attached hydrogens (tertiary/aromatic N) is 1. The number of allylic oxidation sites excluding steroid dienone is 1. The molecule has 0 unspecified atom stereocenters. The molecular formula is C12H13NO4. The molecular weight excluding hydrogens is 222 g/mol. The van der Waals surface area contributed by atoms with Crippen LogP contribution in [0.1, 0.15) is 18.9 Å². The fourth-order valence-electron chi connectivity index (χ4n) is 1.56. The van der Waals surface area contributed by atoms with Gasteiger partial charge in [0.25, 0.3) is 0 Å². The molecule has 0 saturated heterocycles. The van der Waals surface area contributed by atoms with Gasteiger partial charge in [-0.15, -0.1) is 0 Å². The van der Waals surface area contributed by atoms with Gasteiger partial charge in [-0.25, -0.2) is 0 Å². The number of benzene rings is 1. The quantitative estimate of drug-likeness (QED) is 0.583. The summed E-state index contributed by atoms with van der Waals surface area (Å²) in [4.78, 5) is 10.1. The monoisotopic (exact) mass is 235 g/mol. The van der Waals surface area contributed by atoms with Crippen molar-refractivity contribution in [3.63, 3.8) is 0 Å². The predicted octanol–water partition coefficient (Wildman–Crippen LogP) is 2.49. The van der Waals surface area contributed by atoms with E-state index in [2.05, 4.69) is 0 Å². The molecule has 5 heteroatoms. The van der Waals surface area contributed by atoms with Gasteiger partial charge in [-0.05, 0) is 17.7 Å². The summed E-state index contributed by atoms with van der Waals surface area (Å²) in [5, 5.41) is 10.5. The SMILES string of the molecule is CC(=Cc1ccc2c(c1)OCCCO2)[N+](=O)[O-]. The molecule has 0 bridgehead atoms.